The van der Waals surface area contributed by atoms with Gasteiger partial charge < -0.3 is 0 Å². The molecule has 0 aromatic carbocycles. The largest absolute Gasteiger partial charge is 0.372 e. The van der Waals surface area contributed by atoms with Crippen LogP contribution in [0.1, 0.15) is 13.8 Å². The summed E-state index contributed by atoms with van der Waals surface area (Å²) in [6, 6.07) is 0. The van der Waals surface area contributed by atoms with E-state index in [0.29, 0.717) is 0 Å². The van der Waals surface area contributed by atoms with Crippen LogP contribution in [0, 0.1) is 0 Å². The summed E-state index contributed by atoms with van der Waals surface area (Å²) < 4.78 is 20.7. The minimum Gasteiger partial charge on any atom is -0.298 e. The zero-order chi connectivity index (χ0) is 9.94. The predicted molar refractivity (Wildman–Crippen MR) is 43.5 cm³/mol. The van der Waals surface area contributed by atoms with Gasteiger partial charge in [0.25, 0.3) is 0 Å². The van der Waals surface area contributed by atoms with Gasteiger partial charge in [0.15, 0.2) is 0 Å². The topological polar surface area (TPSA) is 34.1 Å². The van der Waals surface area contributed by atoms with Crippen molar-refractivity contribution in [1.29, 1.82) is 0 Å². The summed E-state index contributed by atoms with van der Waals surface area (Å²) >= 11 is 4.39. The van der Waals surface area contributed by atoms with Crippen LogP contribution in [0.2, 0.25) is 0 Å². The first-order valence-electron chi connectivity index (χ1n) is 2.99. The minimum absolute atomic E-state index is 0.149. The highest BCUT2D eigenvalue weighted by molar-refractivity contribution is 8.03. The predicted octanol–water partition coefficient (Wildman–Crippen LogP) is 2.06. The molecule has 0 aliphatic carbocycles. The van der Waals surface area contributed by atoms with Gasteiger partial charge in [0.2, 0.25) is 0 Å². The molecule has 0 aromatic heterocycles. The van der Waals surface area contributed by atoms with Gasteiger partial charge in [0.05, 0.1) is 0 Å². The van der Waals surface area contributed by atoms with Crippen LogP contribution in [-0.2, 0) is 9.59 Å². The molecule has 70 valence electrons. The highest BCUT2D eigenvalue weighted by Crippen LogP contribution is 2.36. The van der Waals surface area contributed by atoms with Crippen LogP contribution in [-0.4, -0.2) is 21.5 Å². The first-order chi connectivity index (χ1) is 5.24. The fourth-order valence-corrected chi connectivity index (χ4v) is 1.45. The number of rotatable bonds is 4. The Hall–Kier alpha value is -0.160. The standard InChI is InChI=1S/C6H7ClF2O2S/c1-3(10)5(4(2)11)12-6(7,8)9/h5H,1-2H3. The Kier molecular flexibility index (Phi) is 4.13. The van der Waals surface area contributed by atoms with Gasteiger partial charge in [-0.3, -0.25) is 9.59 Å². The van der Waals surface area contributed by atoms with Gasteiger partial charge in [-0.1, -0.05) is 11.8 Å². The summed E-state index contributed by atoms with van der Waals surface area (Å²) in [6.45, 7) is 2.14. The molecule has 0 fully saturated rings. The molecule has 0 heterocycles. The first kappa shape index (κ1) is 11.8. The highest BCUT2D eigenvalue weighted by atomic mass is 35.5. The van der Waals surface area contributed by atoms with Crippen molar-refractivity contribution < 1.29 is 18.4 Å². The number of Topliss-reactive ketones (excluding diaryl/α,β-unsaturated/α-hetero) is 2. The number of hydrogen-bond donors (Lipinski definition) is 0. The second-order valence-electron chi connectivity index (χ2n) is 2.16. The molecule has 0 aromatic rings. The highest BCUT2D eigenvalue weighted by Gasteiger charge is 2.35. The fraction of sp³-hybridized carbons (Fsp3) is 0.667. The van der Waals surface area contributed by atoms with Gasteiger partial charge in [-0.15, -0.1) is 0 Å². The maximum absolute atomic E-state index is 12.1. The number of carbonyl (C=O) groups is 2. The van der Waals surface area contributed by atoms with Gasteiger partial charge in [-0.25, -0.2) is 0 Å². The Labute approximate surface area is 77.6 Å². The number of thioether (sulfide) groups is 1. The van der Waals surface area contributed by atoms with Crippen LogP contribution < -0.4 is 0 Å². The summed E-state index contributed by atoms with van der Waals surface area (Å²) in [5, 5.41) is -1.36. The van der Waals surface area contributed by atoms with Crippen LogP contribution in [0.4, 0.5) is 8.78 Å². The van der Waals surface area contributed by atoms with E-state index < -0.39 is 21.5 Å². The molecule has 0 radical (unpaired) electrons. The van der Waals surface area contributed by atoms with Crippen LogP contribution in [0.15, 0.2) is 0 Å². The first-order valence-corrected chi connectivity index (χ1v) is 4.25. The molecule has 0 rings (SSSR count). The van der Waals surface area contributed by atoms with Gasteiger partial charge in [-0.2, -0.15) is 8.78 Å². The Morgan fingerprint density at radius 1 is 1.33 bits per heavy atom. The molecule has 0 amide bonds. The van der Waals surface area contributed by atoms with Crippen molar-refractivity contribution in [2.24, 2.45) is 0 Å². The molecule has 0 spiro atoms. The van der Waals surface area contributed by atoms with Crippen molar-refractivity contribution >= 4 is 34.9 Å². The van der Waals surface area contributed by atoms with E-state index in [0.717, 1.165) is 13.8 Å². The van der Waals surface area contributed by atoms with E-state index >= 15 is 0 Å². The smallest absolute Gasteiger partial charge is 0.298 e. The third kappa shape index (κ3) is 4.66. The molecule has 0 saturated heterocycles. The Morgan fingerprint density at radius 3 is 1.75 bits per heavy atom. The van der Waals surface area contributed by atoms with Gasteiger partial charge >= 0.3 is 4.71 Å². The molecule has 0 aliphatic rings. The van der Waals surface area contributed by atoms with E-state index in [1.165, 1.54) is 0 Å². The van der Waals surface area contributed by atoms with Gasteiger partial charge in [-0.05, 0) is 25.4 Å². The van der Waals surface area contributed by atoms with Crippen molar-refractivity contribution in [3.8, 4) is 0 Å². The van der Waals surface area contributed by atoms with E-state index in [4.69, 9.17) is 0 Å². The third-order valence-corrected chi connectivity index (χ3v) is 2.42. The molecule has 0 unspecified atom stereocenters. The summed E-state index contributed by atoms with van der Waals surface area (Å²) in [7, 11) is 0. The number of halogens is 3. The fourth-order valence-electron chi connectivity index (χ4n) is 0.586. The monoisotopic (exact) mass is 216 g/mol. The van der Waals surface area contributed by atoms with E-state index in [-0.39, 0.29) is 11.8 Å². The van der Waals surface area contributed by atoms with Crippen LogP contribution >= 0.6 is 23.4 Å². The van der Waals surface area contributed by atoms with Gasteiger partial charge in [0, 0.05) is 0 Å². The SMILES string of the molecule is CC(=O)C(SC(F)(F)Cl)C(C)=O. The summed E-state index contributed by atoms with van der Waals surface area (Å²) in [5.74, 6) is -1.24. The molecule has 0 N–H and O–H groups in total. The van der Waals surface area contributed by atoms with E-state index in [2.05, 4.69) is 11.6 Å². The average molecular weight is 217 g/mol. The van der Waals surface area contributed by atoms with Crippen molar-refractivity contribution in [3.05, 3.63) is 0 Å². The minimum atomic E-state index is -3.57. The van der Waals surface area contributed by atoms with E-state index in [9.17, 15) is 18.4 Å². The summed E-state index contributed by atoms with van der Waals surface area (Å²) in [4.78, 5) is 21.3. The Balaban J connectivity index is 4.35. The number of ketones is 2. The molecule has 0 aliphatic heterocycles. The molecule has 12 heavy (non-hydrogen) atoms. The molecular formula is C6H7ClF2O2S. The lowest BCUT2D eigenvalue weighted by Crippen LogP contribution is -2.25. The lowest BCUT2D eigenvalue weighted by Gasteiger charge is -2.12. The second kappa shape index (κ2) is 4.18. The van der Waals surface area contributed by atoms with Crippen molar-refractivity contribution in [3.63, 3.8) is 0 Å². The van der Waals surface area contributed by atoms with Crippen LogP contribution in [0.3, 0.4) is 0 Å². The molecular weight excluding hydrogens is 210 g/mol. The summed E-state index contributed by atoms with van der Waals surface area (Å²) in [6.07, 6.45) is 0. The lowest BCUT2D eigenvalue weighted by molar-refractivity contribution is -0.124. The Morgan fingerprint density at radius 2 is 1.67 bits per heavy atom. The van der Waals surface area contributed by atoms with Crippen molar-refractivity contribution in [2.45, 2.75) is 23.8 Å². The van der Waals surface area contributed by atoms with Gasteiger partial charge in [0.1, 0.15) is 16.8 Å². The number of alkyl halides is 3. The Bertz CT molecular complexity index is 188. The quantitative estimate of drug-likeness (QED) is 0.533. The maximum Gasteiger partial charge on any atom is 0.372 e. The van der Waals surface area contributed by atoms with E-state index in [1.54, 1.807) is 0 Å². The molecule has 6 heteroatoms. The molecule has 0 atom stereocenters. The molecule has 0 bridgehead atoms. The summed E-state index contributed by atoms with van der Waals surface area (Å²) in [5.41, 5.74) is 0. The molecule has 0 saturated carbocycles. The maximum atomic E-state index is 12.1. The third-order valence-electron chi connectivity index (χ3n) is 0.990. The number of hydrogen-bond acceptors (Lipinski definition) is 3. The number of carbonyl (C=O) groups excluding carboxylic acids is 2. The lowest BCUT2D eigenvalue weighted by atomic mass is 10.2. The second-order valence-corrected chi connectivity index (χ2v) is 4.08. The zero-order valence-corrected chi connectivity index (χ0v) is 8.01. The van der Waals surface area contributed by atoms with Crippen molar-refractivity contribution in [1.82, 2.24) is 0 Å². The molecule has 2 nitrogen and oxygen atoms in total. The zero-order valence-electron chi connectivity index (χ0n) is 6.44. The van der Waals surface area contributed by atoms with Crippen LogP contribution in [0.5, 0.6) is 0 Å². The van der Waals surface area contributed by atoms with E-state index in [1.807, 2.05) is 0 Å². The van der Waals surface area contributed by atoms with Crippen LogP contribution in [0.25, 0.3) is 0 Å². The average Bonchev–Trinajstić information content (AvgIpc) is 1.79. The van der Waals surface area contributed by atoms with Crippen molar-refractivity contribution in [2.75, 3.05) is 0 Å². The normalized spacial score (nSPS) is 11.8.